The molecule has 3 aromatic rings. The summed E-state index contributed by atoms with van der Waals surface area (Å²) in [6.07, 6.45) is 1.58. The van der Waals surface area contributed by atoms with Gasteiger partial charge in [0, 0.05) is 12.6 Å². The van der Waals surface area contributed by atoms with Crippen molar-refractivity contribution in [2.75, 3.05) is 11.4 Å². The molecule has 6 nitrogen and oxygen atoms in total. The lowest BCUT2D eigenvalue weighted by molar-refractivity contribution is 0.0955. The summed E-state index contributed by atoms with van der Waals surface area (Å²) in [5, 5.41) is 4.01. The van der Waals surface area contributed by atoms with E-state index in [1.807, 2.05) is 31.2 Å². The first kappa shape index (κ1) is 23.2. The molecule has 3 rings (SSSR count). The van der Waals surface area contributed by atoms with Crippen molar-refractivity contribution < 1.29 is 13.2 Å². The lowest BCUT2D eigenvalue weighted by atomic mass is 10.0. The Hall–Kier alpha value is -3.45. The lowest BCUT2D eigenvalue weighted by Gasteiger charge is -2.19. The molecule has 0 heterocycles. The normalized spacial score (nSPS) is 11.7. The van der Waals surface area contributed by atoms with Gasteiger partial charge in [0.25, 0.3) is 15.9 Å². The molecule has 1 N–H and O–H groups in total. The van der Waals surface area contributed by atoms with Crippen LogP contribution in [0.25, 0.3) is 0 Å². The fourth-order valence-corrected chi connectivity index (χ4v) is 4.22. The minimum absolute atomic E-state index is 0.211. The van der Waals surface area contributed by atoms with Crippen LogP contribution in [0.5, 0.6) is 0 Å². The Balaban J connectivity index is 1.65. The molecule has 3 aromatic carbocycles. The number of carbonyl (C=O) groups excluding carboxylic acids is 1. The fourth-order valence-electron chi connectivity index (χ4n) is 3.03. The summed E-state index contributed by atoms with van der Waals surface area (Å²) in [5.41, 5.74) is 6.43. The number of amides is 1. The summed E-state index contributed by atoms with van der Waals surface area (Å²) >= 11 is 0. The van der Waals surface area contributed by atoms with Crippen molar-refractivity contribution in [1.29, 1.82) is 0 Å². The zero-order valence-electron chi connectivity index (χ0n) is 18.6. The van der Waals surface area contributed by atoms with Gasteiger partial charge in [-0.05, 0) is 60.4 Å². The molecule has 0 saturated heterocycles. The number of nitrogens with zero attached hydrogens (tertiary/aromatic N) is 2. The Morgan fingerprint density at radius 1 is 0.938 bits per heavy atom. The molecule has 0 radical (unpaired) electrons. The van der Waals surface area contributed by atoms with Gasteiger partial charge in [-0.1, -0.05) is 55.8 Å². The van der Waals surface area contributed by atoms with Crippen LogP contribution in [-0.4, -0.2) is 27.6 Å². The van der Waals surface area contributed by atoms with Gasteiger partial charge in [-0.15, -0.1) is 0 Å². The predicted molar refractivity (Wildman–Crippen MR) is 129 cm³/mol. The number of anilines is 1. The standard InChI is InChI=1S/C25H27N3O3S/c1-18(2)21-9-7-20(8-10-21)17-26-27-25(29)22-11-13-23(14-12-22)28(4)32(30,31)24-15-5-19(3)6-16-24/h5-18H,1-4H3,(H,27,29)/b26-17-. The van der Waals surface area contributed by atoms with Gasteiger partial charge in [-0.25, -0.2) is 13.8 Å². The van der Waals surface area contributed by atoms with E-state index in [1.165, 1.54) is 16.9 Å². The summed E-state index contributed by atoms with van der Waals surface area (Å²) < 4.78 is 26.8. The highest BCUT2D eigenvalue weighted by Crippen LogP contribution is 2.22. The second-order valence-corrected chi connectivity index (χ2v) is 9.82. The van der Waals surface area contributed by atoms with E-state index in [1.54, 1.807) is 54.7 Å². The lowest BCUT2D eigenvalue weighted by Crippen LogP contribution is -2.26. The van der Waals surface area contributed by atoms with Gasteiger partial charge in [0.2, 0.25) is 0 Å². The molecule has 0 saturated carbocycles. The van der Waals surface area contributed by atoms with Crippen LogP contribution in [0.3, 0.4) is 0 Å². The molecule has 0 aromatic heterocycles. The van der Waals surface area contributed by atoms with Crippen LogP contribution in [-0.2, 0) is 10.0 Å². The molecular formula is C25H27N3O3S. The number of benzene rings is 3. The van der Waals surface area contributed by atoms with E-state index in [-0.39, 0.29) is 10.8 Å². The van der Waals surface area contributed by atoms with Crippen LogP contribution in [0.2, 0.25) is 0 Å². The van der Waals surface area contributed by atoms with Crippen LogP contribution in [0.1, 0.15) is 46.8 Å². The van der Waals surface area contributed by atoms with Gasteiger partial charge in [0.1, 0.15) is 0 Å². The quantitative estimate of drug-likeness (QED) is 0.419. The highest BCUT2D eigenvalue weighted by Gasteiger charge is 2.21. The Bertz CT molecular complexity index is 1200. The third kappa shape index (κ3) is 5.42. The molecule has 0 unspecified atom stereocenters. The maximum Gasteiger partial charge on any atom is 0.271 e. The molecule has 0 aliphatic rings. The van der Waals surface area contributed by atoms with Gasteiger partial charge in [0.05, 0.1) is 16.8 Å². The Labute approximate surface area is 189 Å². The zero-order chi connectivity index (χ0) is 23.3. The molecule has 166 valence electrons. The van der Waals surface area contributed by atoms with Crippen molar-refractivity contribution >= 4 is 27.8 Å². The second kappa shape index (κ2) is 9.78. The molecular weight excluding hydrogens is 422 g/mol. The Morgan fingerprint density at radius 2 is 1.53 bits per heavy atom. The molecule has 32 heavy (non-hydrogen) atoms. The monoisotopic (exact) mass is 449 g/mol. The van der Waals surface area contributed by atoms with E-state index in [4.69, 9.17) is 0 Å². The maximum absolute atomic E-state index is 12.8. The molecule has 0 bridgehead atoms. The summed E-state index contributed by atoms with van der Waals surface area (Å²) in [7, 11) is -2.20. The van der Waals surface area contributed by atoms with E-state index in [0.29, 0.717) is 17.2 Å². The van der Waals surface area contributed by atoms with Crippen LogP contribution in [0.15, 0.2) is 82.8 Å². The highest BCUT2D eigenvalue weighted by molar-refractivity contribution is 7.92. The number of hydrogen-bond donors (Lipinski definition) is 1. The highest BCUT2D eigenvalue weighted by atomic mass is 32.2. The average molecular weight is 450 g/mol. The predicted octanol–water partition coefficient (Wildman–Crippen LogP) is 4.71. The van der Waals surface area contributed by atoms with Crippen molar-refractivity contribution in [2.24, 2.45) is 5.10 Å². The Kier molecular flexibility index (Phi) is 7.10. The third-order valence-corrected chi connectivity index (χ3v) is 6.96. The van der Waals surface area contributed by atoms with Gasteiger partial charge >= 0.3 is 0 Å². The van der Waals surface area contributed by atoms with E-state index >= 15 is 0 Å². The van der Waals surface area contributed by atoms with Crippen LogP contribution < -0.4 is 9.73 Å². The molecule has 0 aliphatic carbocycles. The minimum Gasteiger partial charge on any atom is -0.269 e. The van der Waals surface area contributed by atoms with Crippen molar-refractivity contribution in [1.82, 2.24) is 5.43 Å². The number of nitrogens with one attached hydrogen (secondary N) is 1. The molecule has 7 heteroatoms. The van der Waals surface area contributed by atoms with Crippen LogP contribution >= 0.6 is 0 Å². The van der Waals surface area contributed by atoms with Crippen molar-refractivity contribution in [2.45, 2.75) is 31.6 Å². The van der Waals surface area contributed by atoms with Crippen molar-refractivity contribution in [3.05, 3.63) is 95.1 Å². The molecule has 0 spiro atoms. The summed E-state index contributed by atoms with van der Waals surface area (Å²) in [6, 6.07) is 21.0. The minimum atomic E-state index is -3.69. The number of rotatable bonds is 7. The van der Waals surface area contributed by atoms with E-state index in [0.717, 1.165) is 11.1 Å². The topological polar surface area (TPSA) is 78.8 Å². The average Bonchev–Trinajstić information content (AvgIpc) is 2.79. The maximum atomic E-state index is 12.8. The van der Waals surface area contributed by atoms with Gasteiger partial charge < -0.3 is 0 Å². The summed E-state index contributed by atoms with van der Waals surface area (Å²) in [4.78, 5) is 12.6. The van der Waals surface area contributed by atoms with Crippen LogP contribution in [0, 0.1) is 6.92 Å². The van der Waals surface area contributed by atoms with Gasteiger partial charge in [0.15, 0.2) is 0 Å². The molecule has 0 atom stereocenters. The number of sulfonamides is 1. The summed E-state index contributed by atoms with van der Waals surface area (Å²) in [6.45, 7) is 6.16. The Morgan fingerprint density at radius 3 is 2.09 bits per heavy atom. The number of hydrogen-bond acceptors (Lipinski definition) is 4. The zero-order valence-corrected chi connectivity index (χ0v) is 19.4. The SMILES string of the molecule is Cc1ccc(S(=O)(=O)N(C)c2ccc(C(=O)N/N=C\c3ccc(C(C)C)cc3)cc2)cc1. The van der Waals surface area contributed by atoms with E-state index in [2.05, 4.69) is 24.4 Å². The number of hydrazone groups is 1. The fraction of sp³-hybridized carbons (Fsp3) is 0.200. The first-order valence-corrected chi connectivity index (χ1v) is 11.7. The largest absolute Gasteiger partial charge is 0.271 e. The van der Waals surface area contributed by atoms with E-state index in [9.17, 15) is 13.2 Å². The van der Waals surface area contributed by atoms with Crippen molar-refractivity contribution in [3.63, 3.8) is 0 Å². The van der Waals surface area contributed by atoms with Crippen LogP contribution in [0.4, 0.5) is 5.69 Å². The molecule has 0 aliphatic heterocycles. The molecule has 0 fully saturated rings. The number of aryl methyl sites for hydroxylation is 1. The number of carbonyl (C=O) groups is 1. The third-order valence-electron chi connectivity index (χ3n) is 5.16. The van der Waals surface area contributed by atoms with Gasteiger partial charge in [-0.2, -0.15) is 5.10 Å². The van der Waals surface area contributed by atoms with E-state index < -0.39 is 10.0 Å². The first-order chi connectivity index (χ1) is 15.2. The van der Waals surface area contributed by atoms with Crippen molar-refractivity contribution in [3.8, 4) is 0 Å². The summed E-state index contributed by atoms with van der Waals surface area (Å²) in [5.74, 6) is 0.0743. The molecule has 1 amide bonds. The second-order valence-electron chi connectivity index (χ2n) is 7.85. The first-order valence-electron chi connectivity index (χ1n) is 10.3. The smallest absolute Gasteiger partial charge is 0.269 e. The van der Waals surface area contributed by atoms with Gasteiger partial charge in [-0.3, -0.25) is 9.10 Å².